The molecule has 0 radical (unpaired) electrons. The Morgan fingerprint density at radius 3 is 2.37 bits per heavy atom. The first-order valence-electron chi connectivity index (χ1n) is 9.93. The number of carbonyl (C=O) groups excluding carboxylic acids is 2. The maximum Gasteiger partial charge on any atom is 0.226 e. The van der Waals surface area contributed by atoms with Gasteiger partial charge in [-0.05, 0) is 37.8 Å². The Bertz CT molecular complexity index is 709. The van der Waals surface area contributed by atoms with Crippen LogP contribution in [0.4, 0.5) is 0 Å². The van der Waals surface area contributed by atoms with Gasteiger partial charge in [0.2, 0.25) is 11.8 Å². The first-order valence-corrected chi connectivity index (χ1v) is 9.93. The molecular formula is C22H30N2O3. The third kappa shape index (κ3) is 3.93. The van der Waals surface area contributed by atoms with E-state index in [9.17, 15) is 14.7 Å². The maximum atomic E-state index is 12.8. The molecule has 3 rings (SSSR count). The standard InChI is InChI=1S/C22H30N2O3/c1-4-6-16-7-9-17(10-8-16)21-19(13-23(5-2)15(3)26)24(20(21)14-25)22(27)18-11-12-18/h4,6-10,18-21,25H,5,11-14H2,1-3H3/b6-4+/t19-,20+,21-/m0/s1. The van der Waals surface area contributed by atoms with Crippen LogP contribution in [0, 0.1) is 5.92 Å². The first-order chi connectivity index (χ1) is 13.0. The van der Waals surface area contributed by atoms with E-state index >= 15 is 0 Å². The van der Waals surface area contributed by atoms with Crippen molar-refractivity contribution < 1.29 is 14.7 Å². The zero-order valence-electron chi connectivity index (χ0n) is 16.5. The van der Waals surface area contributed by atoms with Crippen molar-refractivity contribution in [2.45, 2.75) is 51.6 Å². The van der Waals surface area contributed by atoms with Gasteiger partial charge in [-0.2, -0.15) is 0 Å². The Morgan fingerprint density at radius 2 is 1.89 bits per heavy atom. The number of hydrogen-bond acceptors (Lipinski definition) is 3. The summed E-state index contributed by atoms with van der Waals surface area (Å²) in [6.07, 6.45) is 5.92. The summed E-state index contributed by atoms with van der Waals surface area (Å²) in [7, 11) is 0. The normalized spacial score (nSPS) is 24.7. The summed E-state index contributed by atoms with van der Waals surface area (Å²) in [5.41, 5.74) is 2.24. The number of likely N-dealkylation sites (tertiary alicyclic amines) is 1. The summed E-state index contributed by atoms with van der Waals surface area (Å²) in [5, 5.41) is 10.0. The lowest BCUT2D eigenvalue weighted by Gasteiger charge is -2.56. The fourth-order valence-corrected chi connectivity index (χ4v) is 4.19. The highest BCUT2D eigenvalue weighted by Gasteiger charge is 2.53. The van der Waals surface area contributed by atoms with Crippen LogP contribution in [-0.2, 0) is 9.59 Å². The van der Waals surface area contributed by atoms with E-state index in [1.807, 2.05) is 30.9 Å². The molecule has 3 atom stereocenters. The van der Waals surface area contributed by atoms with E-state index in [1.165, 1.54) is 0 Å². The number of rotatable bonds is 7. The summed E-state index contributed by atoms with van der Waals surface area (Å²) in [5.74, 6) is 0.309. The zero-order valence-corrected chi connectivity index (χ0v) is 16.5. The molecule has 1 saturated heterocycles. The van der Waals surface area contributed by atoms with Gasteiger partial charge in [-0.15, -0.1) is 0 Å². The minimum Gasteiger partial charge on any atom is -0.394 e. The molecule has 0 aromatic heterocycles. The van der Waals surface area contributed by atoms with Gasteiger partial charge < -0.3 is 14.9 Å². The lowest BCUT2D eigenvalue weighted by Crippen LogP contribution is -2.69. The summed E-state index contributed by atoms with van der Waals surface area (Å²) >= 11 is 0. The summed E-state index contributed by atoms with van der Waals surface area (Å²) < 4.78 is 0. The molecule has 2 amide bonds. The van der Waals surface area contributed by atoms with Gasteiger partial charge in [0.1, 0.15) is 0 Å². The second-order valence-corrected chi connectivity index (χ2v) is 7.59. The van der Waals surface area contributed by atoms with E-state index in [0.29, 0.717) is 13.1 Å². The van der Waals surface area contributed by atoms with Crippen LogP contribution in [0.3, 0.4) is 0 Å². The van der Waals surface area contributed by atoms with Crippen molar-refractivity contribution in [3.05, 3.63) is 41.5 Å². The van der Waals surface area contributed by atoms with E-state index < -0.39 is 0 Å². The molecule has 1 aliphatic heterocycles. The van der Waals surface area contributed by atoms with E-state index in [-0.39, 0.29) is 42.3 Å². The number of allylic oxidation sites excluding steroid dienone is 1. The summed E-state index contributed by atoms with van der Waals surface area (Å²) in [6.45, 7) is 6.59. The second-order valence-electron chi connectivity index (χ2n) is 7.59. The minimum absolute atomic E-state index is 0.0194. The molecule has 0 bridgehead atoms. The molecule has 2 fully saturated rings. The molecule has 1 aliphatic carbocycles. The molecule has 0 unspecified atom stereocenters. The highest BCUT2D eigenvalue weighted by Crippen LogP contribution is 2.45. The molecule has 5 heteroatoms. The van der Waals surface area contributed by atoms with Crippen molar-refractivity contribution in [3.8, 4) is 0 Å². The highest BCUT2D eigenvalue weighted by atomic mass is 16.3. The topological polar surface area (TPSA) is 60.9 Å². The highest BCUT2D eigenvalue weighted by molar-refractivity contribution is 5.83. The number of nitrogens with zero attached hydrogens (tertiary/aromatic N) is 2. The van der Waals surface area contributed by atoms with Crippen LogP contribution in [0.1, 0.15) is 50.7 Å². The number of hydrogen-bond donors (Lipinski definition) is 1. The third-order valence-electron chi connectivity index (χ3n) is 5.83. The van der Waals surface area contributed by atoms with Crippen molar-refractivity contribution >= 4 is 17.9 Å². The Morgan fingerprint density at radius 1 is 1.22 bits per heavy atom. The Balaban J connectivity index is 1.88. The van der Waals surface area contributed by atoms with E-state index in [4.69, 9.17) is 0 Å². The minimum atomic E-state index is -0.207. The van der Waals surface area contributed by atoms with Gasteiger partial charge in [0.15, 0.2) is 0 Å². The van der Waals surface area contributed by atoms with Crippen molar-refractivity contribution in [1.82, 2.24) is 9.80 Å². The second kappa shape index (κ2) is 8.26. The van der Waals surface area contributed by atoms with Gasteiger partial charge in [0.05, 0.1) is 18.7 Å². The molecule has 5 nitrogen and oxygen atoms in total. The predicted octanol–water partition coefficient (Wildman–Crippen LogP) is 2.65. The molecule has 146 valence electrons. The van der Waals surface area contributed by atoms with Gasteiger partial charge in [-0.25, -0.2) is 0 Å². The Kier molecular flexibility index (Phi) is 6.00. The quantitative estimate of drug-likeness (QED) is 0.803. The largest absolute Gasteiger partial charge is 0.394 e. The molecule has 1 aromatic rings. The molecule has 1 aromatic carbocycles. The average molecular weight is 370 g/mol. The molecule has 0 spiro atoms. The predicted molar refractivity (Wildman–Crippen MR) is 106 cm³/mol. The Hall–Kier alpha value is -2.14. The van der Waals surface area contributed by atoms with Crippen molar-refractivity contribution in [2.75, 3.05) is 19.7 Å². The van der Waals surface area contributed by atoms with Crippen LogP contribution in [0.15, 0.2) is 30.3 Å². The van der Waals surface area contributed by atoms with Crippen LogP contribution in [0.25, 0.3) is 6.08 Å². The van der Waals surface area contributed by atoms with Crippen molar-refractivity contribution in [3.63, 3.8) is 0 Å². The zero-order chi connectivity index (χ0) is 19.6. The van der Waals surface area contributed by atoms with Gasteiger partial charge in [-0.3, -0.25) is 9.59 Å². The van der Waals surface area contributed by atoms with Gasteiger partial charge >= 0.3 is 0 Å². The fraction of sp³-hybridized carbons (Fsp3) is 0.545. The maximum absolute atomic E-state index is 12.8. The summed E-state index contributed by atoms with van der Waals surface area (Å²) in [6, 6.07) is 8.01. The molecule has 1 N–H and O–H groups in total. The monoisotopic (exact) mass is 370 g/mol. The van der Waals surface area contributed by atoms with Gasteiger partial charge in [0.25, 0.3) is 0 Å². The SMILES string of the molecule is C/C=C/c1ccc([C@@H]2[C@@H](CO)N(C(=O)C3CC3)[C@H]2CN(CC)C(C)=O)cc1. The molecule has 1 saturated carbocycles. The van der Waals surface area contributed by atoms with Crippen molar-refractivity contribution in [2.24, 2.45) is 5.92 Å². The smallest absolute Gasteiger partial charge is 0.226 e. The molecule has 2 aliphatic rings. The van der Waals surface area contributed by atoms with E-state index in [2.05, 4.69) is 24.3 Å². The lowest BCUT2D eigenvalue weighted by molar-refractivity contribution is -0.155. The van der Waals surface area contributed by atoms with Crippen molar-refractivity contribution in [1.29, 1.82) is 0 Å². The molecular weight excluding hydrogens is 340 g/mol. The fourth-order valence-electron chi connectivity index (χ4n) is 4.19. The molecule has 27 heavy (non-hydrogen) atoms. The number of likely N-dealkylation sites (N-methyl/N-ethyl adjacent to an activating group) is 1. The average Bonchev–Trinajstić information content (AvgIpc) is 3.48. The van der Waals surface area contributed by atoms with Gasteiger partial charge in [-0.1, -0.05) is 36.4 Å². The van der Waals surface area contributed by atoms with Crippen LogP contribution in [-0.4, -0.2) is 58.5 Å². The third-order valence-corrected chi connectivity index (χ3v) is 5.83. The Labute approximate surface area is 161 Å². The number of carbonyl (C=O) groups is 2. The van der Waals surface area contributed by atoms with Crippen LogP contribution in [0.2, 0.25) is 0 Å². The number of aliphatic hydroxyl groups excluding tert-OH is 1. The first kappa shape index (κ1) is 19.6. The van der Waals surface area contributed by atoms with Crippen LogP contribution < -0.4 is 0 Å². The van der Waals surface area contributed by atoms with Crippen LogP contribution >= 0.6 is 0 Å². The van der Waals surface area contributed by atoms with E-state index in [1.54, 1.807) is 11.8 Å². The van der Waals surface area contributed by atoms with Crippen LogP contribution in [0.5, 0.6) is 0 Å². The summed E-state index contributed by atoms with van der Waals surface area (Å²) in [4.78, 5) is 28.4. The molecule has 1 heterocycles. The van der Waals surface area contributed by atoms with E-state index in [0.717, 1.165) is 24.0 Å². The lowest BCUT2D eigenvalue weighted by atomic mass is 9.74. The number of aliphatic hydroxyl groups is 1. The number of amides is 2. The number of benzene rings is 1. The van der Waals surface area contributed by atoms with Gasteiger partial charge in [0, 0.05) is 31.8 Å².